The first kappa shape index (κ1) is 13.5. The van der Waals surface area contributed by atoms with E-state index in [1.807, 2.05) is 6.07 Å². The maximum Gasteiger partial charge on any atom is 0.162 e. The van der Waals surface area contributed by atoms with E-state index < -0.39 is 0 Å². The Morgan fingerprint density at radius 3 is 2.50 bits per heavy atom. The van der Waals surface area contributed by atoms with E-state index in [1.165, 1.54) is 5.56 Å². The van der Waals surface area contributed by atoms with E-state index in [1.54, 1.807) is 14.2 Å². The summed E-state index contributed by atoms with van der Waals surface area (Å²) < 4.78 is 10.6. The van der Waals surface area contributed by atoms with Crippen molar-refractivity contribution in [1.82, 2.24) is 4.90 Å². The molecular weight excluding hydrogens is 228 g/mol. The summed E-state index contributed by atoms with van der Waals surface area (Å²) in [6.07, 6.45) is -0.208. The second-order valence-corrected chi connectivity index (χ2v) is 4.85. The Morgan fingerprint density at radius 2 is 1.89 bits per heavy atom. The van der Waals surface area contributed by atoms with Gasteiger partial charge in [-0.1, -0.05) is 30.3 Å². The Balaban J connectivity index is 1.94. The van der Waals surface area contributed by atoms with E-state index in [4.69, 9.17) is 15.2 Å². The van der Waals surface area contributed by atoms with E-state index in [9.17, 15) is 0 Å². The molecule has 0 radical (unpaired) electrons. The molecule has 1 fully saturated rings. The minimum Gasteiger partial charge on any atom is -0.356 e. The molecule has 4 nitrogen and oxygen atoms in total. The standard InChI is InChI=1S/C14H22N2O2/c1-17-14(18-2)12-9-16(10-13(12)15)8-11-6-4-3-5-7-11/h3-7,12-14H,8-10,15H2,1-2H3/t12-,13?/m1/s1. The second kappa shape index (κ2) is 6.29. The van der Waals surface area contributed by atoms with Crippen molar-refractivity contribution >= 4 is 0 Å². The second-order valence-electron chi connectivity index (χ2n) is 4.85. The van der Waals surface area contributed by atoms with Crippen LogP contribution in [0.5, 0.6) is 0 Å². The average Bonchev–Trinajstić information content (AvgIpc) is 2.73. The highest BCUT2D eigenvalue weighted by Gasteiger charge is 2.36. The van der Waals surface area contributed by atoms with Crippen LogP contribution in [0.3, 0.4) is 0 Å². The first-order valence-electron chi connectivity index (χ1n) is 6.32. The van der Waals surface area contributed by atoms with Gasteiger partial charge in [-0.2, -0.15) is 0 Å². The molecule has 1 heterocycles. The summed E-state index contributed by atoms with van der Waals surface area (Å²) in [6, 6.07) is 10.6. The van der Waals surface area contributed by atoms with E-state index in [0.717, 1.165) is 19.6 Å². The summed E-state index contributed by atoms with van der Waals surface area (Å²) in [5, 5.41) is 0. The molecule has 0 aliphatic carbocycles. The van der Waals surface area contributed by atoms with Crippen LogP contribution in [0.25, 0.3) is 0 Å². The van der Waals surface area contributed by atoms with Crippen LogP contribution in [0, 0.1) is 5.92 Å². The first-order valence-corrected chi connectivity index (χ1v) is 6.32. The predicted octanol–water partition coefficient (Wildman–Crippen LogP) is 1.06. The van der Waals surface area contributed by atoms with Gasteiger partial charge < -0.3 is 15.2 Å². The summed E-state index contributed by atoms with van der Waals surface area (Å²) >= 11 is 0. The summed E-state index contributed by atoms with van der Waals surface area (Å²) in [4.78, 5) is 2.36. The number of ether oxygens (including phenoxy) is 2. The third-order valence-electron chi connectivity index (χ3n) is 3.55. The number of rotatable bonds is 5. The van der Waals surface area contributed by atoms with Crippen LogP contribution in [0.2, 0.25) is 0 Å². The summed E-state index contributed by atoms with van der Waals surface area (Å²) in [5.74, 6) is 0.240. The van der Waals surface area contributed by atoms with Crippen LogP contribution in [0.1, 0.15) is 5.56 Å². The van der Waals surface area contributed by atoms with Gasteiger partial charge in [-0.25, -0.2) is 0 Å². The van der Waals surface area contributed by atoms with Crippen molar-refractivity contribution < 1.29 is 9.47 Å². The number of hydrogen-bond acceptors (Lipinski definition) is 4. The normalized spacial score (nSPS) is 24.9. The zero-order valence-corrected chi connectivity index (χ0v) is 11.1. The number of nitrogens with zero attached hydrogens (tertiary/aromatic N) is 1. The van der Waals surface area contributed by atoms with Crippen LogP contribution in [-0.4, -0.2) is 44.5 Å². The summed E-state index contributed by atoms with van der Waals surface area (Å²) in [7, 11) is 3.33. The lowest BCUT2D eigenvalue weighted by atomic mass is 10.0. The third-order valence-corrected chi connectivity index (χ3v) is 3.55. The fourth-order valence-corrected chi connectivity index (χ4v) is 2.65. The fraction of sp³-hybridized carbons (Fsp3) is 0.571. The molecule has 1 aromatic carbocycles. The highest BCUT2D eigenvalue weighted by atomic mass is 16.7. The summed E-state index contributed by atoms with van der Waals surface area (Å²) in [5.41, 5.74) is 7.49. The van der Waals surface area contributed by atoms with E-state index >= 15 is 0 Å². The molecule has 18 heavy (non-hydrogen) atoms. The zero-order chi connectivity index (χ0) is 13.0. The maximum absolute atomic E-state index is 6.17. The largest absolute Gasteiger partial charge is 0.356 e. The number of methoxy groups -OCH3 is 2. The quantitative estimate of drug-likeness (QED) is 0.794. The molecule has 2 rings (SSSR count). The predicted molar refractivity (Wildman–Crippen MR) is 71.0 cm³/mol. The highest BCUT2D eigenvalue weighted by Crippen LogP contribution is 2.22. The Hall–Kier alpha value is -0.940. The van der Waals surface area contributed by atoms with Gasteiger partial charge >= 0.3 is 0 Å². The maximum atomic E-state index is 6.17. The smallest absolute Gasteiger partial charge is 0.162 e. The molecule has 2 atom stereocenters. The molecule has 2 N–H and O–H groups in total. The van der Waals surface area contributed by atoms with Crippen LogP contribution >= 0.6 is 0 Å². The van der Waals surface area contributed by atoms with Crippen molar-refractivity contribution in [2.75, 3.05) is 27.3 Å². The van der Waals surface area contributed by atoms with Gasteiger partial charge in [0.25, 0.3) is 0 Å². The molecule has 1 saturated heterocycles. The lowest BCUT2D eigenvalue weighted by molar-refractivity contribution is -0.136. The topological polar surface area (TPSA) is 47.7 Å². The Morgan fingerprint density at radius 1 is 1.22 bits per heavy atom. The van der Waals surface area contributed by atoms with Crippen LogP contribution in [-0.2, 0) is 16.0 Å². The minimum atomic E-state index is -0.208. The molecule has 0 amide bonds. The third kappa shape index (κ3) is 3.09. The molecule has 100 valence electrons. The summed E-state index contributed by atoms with van der Waals surface area (Å²) in [6.45, 7) is 2.75. The molecule has 1 aliphatic heterocycles. The number of benzene rings is 1. The van der Waals surface area contributed by atoms with Crippen molar-refractivity contribution in [2.45, 2.75) is 18.9 Å². The molecular formula is C14H22N2O2. The number of nitrogens with two attached hydrogens (primary N) is 1. The van der Waals surface area contributed by atoms with Crippen LogP contribution in [0.4, 0.5) is 0 Å². The van der Waals surface area contributed by atoms with Crippen LogP contribution < -0.4 is 5.73 Å². The molecule has 0 aromatic heterocycles. The molecule has 1 unspecified atom stereocenters. The lowest BCUT2D eigenvalue weighted by Crippen LogP contribution is -2.38. The Labute approximate surface area is 109 Å². The first-order chi connectivity index (χ1) is 8.74. The van der Waals surface area contributed by atoms with Gasteiger partial charge in [0.05, 0.1) is 0 Å². The zero-order valence-electron chi connectivity index (χ0n) is 11.1. The molecule has 0 bridgehead atoms. The molecule has 0 spiro atoms. The molecule has 1 aromatic rings. The van der Waals surface area contributed by atoms with E-state index in [0.29, 0.717) is 0 Å². The van der Waals surface area contributed by atoms with Gasteiger partial charge in [0.15, 0.2) is 6.29 Å². The van der Waals surface area contributed by atoms with Gasteiger partial charge in [0.1, 0.15) is 0 Å². The molecule has 1 aliphatic rings. The van der Waals surface area contributed by atoms with Crippen molar-refractivity contribution in [3.8, 4) is 0 Å². The monoisotopic (exact) mass is 250 g/mol. The minimum absolute atomic E-state index is 0.110. The molecule has 0 saturated carbocycles. The van der Waals surface area contributed by atoms with Crippen molar-refractivity contribution in [3.63, 3.8) is 0 Å². The average molecular weight is 250 g/mol. The van der Waals surface area contributed by atoms with Gasteiger partial charge in [-0.15, -0.1) is 0 Å². The van der Waals surface area contributed by atoms with Gasteiger partial charge in [-0.05, 0) is 5.56 Å². The SMILES string of the molecule is COC(OC)[C@@H]1CN(Cc2ccccc2)CC1N. The molecule has 4 heteroatoms. The van der Waals surface area contributed by atoms with E-state index in [2.05, 4.69) is 29.2 Å². The number of likely N-dealkylation sites (tertiary alicyclic amines) is 1. The van der Waals surface area contributed by atoms with Crippen molar-refractivity contribution in [2.24, 2.45) is 11.7 Å². The van der Waals surface area contributed by atoms with Gasteiger partial charge in [-0.3, -0.25) is 4.90 Å². The van der Waals surface area contributed by atoms with Crippen molar-refractivity contribution in [1.29, 1.82) is 0 Å². The lowest BCUT2D eigenvalue weighted by Gasteiger charge is -2.23. The van der Waals surface area contributed by atoms with Gasteiger partial charge in [0.2, 0.25) is 0 Å². The van der Waals surface area contributed by atoms with Crippen molar-refractivity contribution in [3.05, 3.63) is 35.9 Å². The van der Waals surface area contributed by atoms with Crippen LogP contribution in [0.15, 0.2) is 30.3 Å². The Kier molecular flexibility index (Phi) is 4.72. The van der Waals surface area contributed by atoms with E-state index in [-0.39, 0.29) is 18.2 Å². The highest BCUT2D eigenvalue weighted by molar-refractivity contribution is 5.14. The Bertz CT molecular complexity index is 354. The fourth-order valence-electron chi connectivity index (χ4n) is 2.65. The van der Waals surface area contributed by atoms with Gasteiger partial charge in [0, 0.05) is 45.8 Å². The number of hydrogen-bond donors (Lipinski definition) is 1.